The molecule has 1 heterocycles. The maximum absolute atomic E-state index is 11.8. The van der Waals surface area contributed by atoms with Gasteiger partial charge < -0.3 is 15.4 Å². The number of hydrogen-bond donors (Lipinski definition) is 3. The molecule has 1 aliphatic carbocycles. The van der Waals surface area contributed by atoms with Crippen LogP contribution in [-0.2, 0) is 4.79 Å². The van der Waals surface area contributed by atoms with Crippen LogP contribution < -0.4 is 5.32 Å². The molecule has 8 nitrogen and oxygen atoms in total. The molecule has 1 aromatic heterocycles. The number of hydrogen-bond acceptors (Lipinski definition) is 4. The molecule has 0 saturated heterocycles. The van der Waals surface area contributed by atoms with E-state index in [4.69, 9.17) is 5.11 Å². The number of carboxylic acids is 1. The summed E-state index contributed by atoms with van der Waals surface area (Å²) in [5.41, 5.74) is -0.0783. The van der Waals surface area contributed by atoms with Crippen molar-refractivity contribution in [2.75, 3.05) is 0 Å². The van der Waals surface area contributed by atoms with Crippen molar-refractivity contribution in [1.82, 2.24) is 10.3 Å². The molecule has 19 heavy (non-hydrogen) atoms. The summed E-state index contributed by atoms with van der Waals surface area (Å²) in [6.45, 7) is 0. The first kappa shape index (κ1) is 13.1. The summed E-state index contributed by atoms with van der Waals surface area (Å²) in [4.78, 5) is 35.0. The van der Waals surface area contributed by atoms with Crippen LogP contribution in [0.2, 0.25) is 0 Å². The number of carbonyl (C=O) groups excluding carboxylic acids is 1. The summed E-state index contributed by atoms with van der Waals surface area (Å²) in [5, 5.41) is 22.0. The van der Waals surface area contributed by atoms with E-state index in [-0.39, 0.29) is 17.4 Å². The Hall–Kier alpha value is -2.38. The number of rotatable bonds is 4. The summed E-state index contributed by atoms with van der Waals surface area (Å²) >= 11 is 0. The highest BCUT2D eigenvalue weighted by atomic mass is 16.6. The summed E-state index contributed by atoms with van der Waals surface area (Å²) in [6, 6.07) is 0.954. The molecule has 1 fully saturated rings. The molecule has 2 atom stereocenters. The van der Waals surface area contributed by atoms with Gasteiger partial charge in [0.2, 0.25) is 0 Å². The summed E-state index contributed by atoms with van der Waals surface area (Å²) in [7, 11) is 0. The Balaban J connectivity index is 1.94. The van der Waals surface area contributed by atoms with Crippen LogP contribution in [0.5, 0.6) is 0 Å². The molecule has 0 aliphatic heterocycles. The Morgan fingerprint density at radius 3 is 2.74 bits per heavy atom. The molecule has 1 amide bonds. The molecule has 8 heteroatoms. The number of carboxylic acid groups (broad SMARTS) is 1. The van der Waals surface area contributed by atoms with Crippen LogP contribution in [0.1, 0.15) is 29.8 Å². The van der Waals surface area contributed by atoms with Crippen molar-refractivity contribution < 1.29 is 19.6 Å². The summed E-state index contributed by atoms with van der Waals surface area (Å²) in [6.07, 6.45) is 2.67. The fourth-order valence-electron chi connectivity index (χ4n) is 2.22. The zero-order valence-electron chi connectivity index (χ0n) is 9.96. The molecule has 1 aromatic rings. The van der Waals surface area contributed by atoms with E-state index in [0.29, 0.717) is 19.3 Å². The number of nitrogens with one attached hydrogen (secondary N) is 2. The average Bonchev–Trinajstić information content (AvgIpc) is 2.96. The molecular weight excluding hydrogens is 254 g/mol. The van der Waals surface area contributed by atoms with Crippen molar-refractivity contribution >= 4 is 17.6 Å². The molecular formula is C11H13N3O5. The molecule has 1 saturated carbocycles. The fourth-order valence-corrected chi connectivity index (χ4v) is 2.22. The largest absolute Gasteiger partial charge is 0.481 e. The van der Waals surface area contributed by atoms with Crippen LogP contribution in [0.4, 0.5) is 5.69 Å². The first-order valence-electron chi connectivity index (χ1n) is 5.84. The number of amides is 1. The van der Waals surface area contributed by atoms with Gasteiger partial charge in [0, 0.05) is 12.1 Å². The lowest BCUT2D eigenvalue weighted by Gasteiger charge is -2.11. The van der Waals surface area contributed by atoms with E-state index >= 15 is 0 Å². The first-order valence-corrected chi connectivity index (χ1v) is 5.84. The molecule has 0 bridgehead atoms. The number of nitro groups is 1. The van der Waals surface area contributed by atoms with E-state index < -0.39 is 22.7 Å². The molecule has 2 rings (SSSR count). The van der Waals surface area contributed by atoms with Crippen LogP contribution in [0.15, 0.2) is 12.3 Å². The molecule has 2 unspecified atom stereocenters. The van der Waals surface area contributed by atoms with E-state index in [1.807, 2.05) is 0 Å². The topological polar surface area (TPSA) is 125 Å². The van der Waals surface area contributed by atoms with Gasteiger partial charge in [-0.3, -0.25) is 19.7 Å². The monoisotopic (exact) mass is 267 g/mol. The number of aromatic nitrogens is 1. The Kier molecular flexibility index (Phi) is 3.50. The number of aromatic amines is 1. The minimum absolute atomic E-state index is 0.102. The van der Waals surface area contributed by atoms with E-state index in [2.05, 4.69) is 10.3 Å². The third kappa shape index (κ3) is 2.90. The second-order valence-corrected chi connectivity index (χ2v) is 4.55. The maximum atomic E-state index is 11.8. The molecule has 102 valence electrons. The maximum Gasteiger partial charge on any atom is 0.306 e. The molecule has 1 aliphatic rings. The van der Waals surface area contributed by atoms with Gasteiger partial charge in [0.15, 0.2) is 0 Å². The Morgan fingerprint density at radius 1 is 1.47 bits per heavy atom. The molecule has 0 aromatic carbocycles. The highest BCUT2D eigenvalue weighted by molar-refractivity contribution is 5.93. The lowest BCUT2D eigenvalue weighted by atomic mass is 10.1. The van der Waals surface area contributed by atoms with Gasteiger partial charge in [-0.25, -0.2) is 0 Å². The van der Waals surface area contributed by atoms with E-state index in [9.17, 15) is 19.7 Å². The highest BCUT2D eigenvalue weighted by Gasteiger charge is 2.31. The Labute approximate surface area is 108 Å². The van der Waals surface area contributed by atoms with Crippen LogP contribution in [0, 0.1) is 16.0 Å². The number of H-pyrrole nitrogens is 1. The van der Waals surface area contributed by atoms with E-state index in [1.54, 1.807) is 0 Å². The van der Waals surface area contributed by atoms with Crippen molar-refractivity contribution in [2.24, 2.45) is 5.92 Å². The van der Waals surface area contributed by atoms with Gasteiger partial charge >= 0.3 is 5.97 Å². The van der Waals surface area contributed by atoms with Crippen LogP contribution in [0.25, 0.3) is 0 Å². The van der Waals surface area contributed by atoms with Gasteiger partial charge in [-0.1, -0.05) is 0 Å². The van der Waals surface area contributed by atoms with Crippen molar-refractivity contribution in [3.8, 4) is 0 Å². The predicted molar refractivity (Wildman–Crippen MR) is 63.7 cm³/mol. The lowest BCUT2D eigenvalue weighted by molar-refractivity contribution is -0.384. The quantitative estimate of drug-likeness (QED) is 0.552. The summed E-state index contributed by atoms with van der Waals surface area (Å²) < 4.78 is 0. The van der Waals surface area contributed by atoms with Gasteiger partial charge in [0.1, 0.15) is 5.69 Å². The van der Waals surface area contributed by atoms with Crippen molar-refractivity contribution in [3.63, 3.8) is 0 Å². The molecule has 3 N–H and O–H groups in total. The number of aliphatic carboxylic acids is 1. The SMILES string of the molecule is O=C(NC1CCC(C(=O)O)C1)c1cc([N+](=O)[O-])c[nH]1. The van der Waals surface area contributed by atoms with Gasteiger partial charge in [-0.2, -0.15) is 0 Å². The Bertz CT molecular complexity index is 524. The normalized spacial score (nSPS) is 22.1. The van der Waals surface area contributed by atoms with Gasteiger partial charge in [0.05, 0.1) is 17.0 Å². The van der Waals surface area contributed by atoms with E-state index in [1.165, 1.54) is 0 Å². The Morgan fingerprint density at radius 2 is 2.21 bits per heavy atom. The van der Waals surface area contributed by atoms with Crippen molar-refractivity contribution in [1.29, 1.82) is 0 Å². The zero-order chi connectivity index (χ0) is 14.0. The smallest absolute Gasteiger partial charge is 0.306 e. The third-order valence-electron chi connectivity index (χ3n) is 3.24. The molecule has 0 spiro atoms. The second-order valence-electron chi connectivity index (χ2n) is 4.55. The molecule has 0 radical (unpaired) electrons. The summed E-state index contributed by atoms with van der Waals surface area (Å²) in [5.74, 6) is -1.74. The number of nitrogens with zero attached hydrogens (tertiary/aromatic N) is 1. The minimum atomic E-state index is -0.854. The standard InChI is InChI=1S/C11H13N3O5/c15-10(9-4-8(5-12-9)14(18)19)13-7-2-1-6(3-7)11(16)17/h4-7,12H,1-3H2,(H,13,15)(H,16,17). The van der Waals surface area contributed by atoms with Gasteiger partial charge in [-0.15, -0.1) is 0 Å². The highest BCUT2D eigenvalue weighted by Crippen LogP contribution is 2.26. The average molecular weight is 267 g/mol. The predicted octanol–water partition coefficient (Wildman–Crippen LogP) is 0.906. The zero-order valence-corrected chi connectivity index (χ0v) is 9.96. The van der Waals surface area contributed by atoms with Crippen LogP contribution in [0.3, 0.4) is 0 Å². The fraction of sp³-hybridized carbons (Fsp3) is 0.455. The minimum Gasteiger partial charge on any atom is -0.481 e. The lowest BCUT2D eigenvalue weighted by Crippen LogP contribution is -2.33. The third-order valence-corrected chi connectivity index (χ3v) is 3.24. The van der Waals surface area contributed by atoms with Crippen molar-refractivity contribution in [3.05, 3.63) is 28.1 Å². The van der Waals surface area contributed by atoms with Gasteiger partial charge in [-0.05, 0) is 19.3 Å². The number of carbonyl (C=O) groups is 2. The van der Waals surface area contributed by atoms with Crippen LogP contribution in [-0.4, -0.2) is 32.9 Å². The first-order chi connectivity index (χ1) is 8.97. The van der Waals surface area contributed by atoms with E-state index in [0.717, 1.165) is 12.3 Å². The van der Waals surface area contributed by atoms with Gasteiger partial charge in [0.25, 0.3) is 11.6 Å². The van der Waals surface area contributed by atoms with Crippen molar-refractivity contribution in [2.45, 2.75) is 25.3 Å². The van der Waals surface area contributed by atoms with Crippen LogP contribution >= 0.6 is 0 Å². The second kappa shape index (κ2) is 5.09.